The molecule has 1 aromatic carbocycles. The Bertz CT molecular complexity index is 753. The van der Waals surface area contributed by atoms with Crippen LogP contribution in [0.15, 0.2) is 42.7 Å². The summed E-state index contributed by atoms with van der Waals surface area (Å²) in [5, 5.41) is 3.71. The monoisotopic (exact) mass is 309 g/mol. The lowest BCUT2D eigenvalue weighted by molar-refractivity contribution is -0.137. The van der Waals surface area contributed by atoms with Crippen molar-refractivity contribution in [2.75, 3.05) is 5.32 Å². The number of nitrogens with one attached hydrogen (secondary N) is 1. The second-order valence-corrected chi connectivity index (χ2v) is 5.44. The van der Waals surface area contributed by atoms with Crippen molar-refractivity contribution in [3.63, 3.8) is 0 Å². The van der Waals surface area contributed by atoms with E-state index in [1.54, 1.807) is 12.4 Å². The van der Waals surface area contributed by atoms with Crippen molar-refractivity contribution in [2.24, 2.45) is 0 Å². The van der Waals surface area contributed by atoms with Gasteiger partial charge < -0.3 is 5.32 Å². The quantitative estimate of drug-likeness (QED) is 0.783. The number of rotatable bonds is 3. The molecule has 0 spiro atoms. The van der Waals surface area contributed by atoms with Gasteiger partial charge in [0.05, 0.1) is 15.8 Å². The van der Waals surface area contributed by atoms with Crippen molar-refractivity contribution in [1.29, 1.82) is 0 Å². The largest absolute Gasteiger partial charge is 0.416 e. The summed E-state index contributed by atoms with van der Waals surface area (Å²) in [4.78, 5) is 8.11. The van der Waals surface area contributed by atoms with Crippen molar-refractivity contribution in [1.82, 2.24) is 9.97 Å². The SMILES string of the molecule is FC(F)(F)c1ccc2sc(NCc3ccncc3)nc2c1. The van der Waals surface area contributed by atoms with Crippen molar-refractivity contribution in [3.8, 4) is 0 Å². The molecule has 0 saturated carbocycles. The molecule has 0 radical (unpaired) electrons. The van der Waals surface area contributed by atoms with Crippen LogP contribution in [0.3, 0.4) is 0 Å². The van der Waals surface area contributed by atoms with Gasteiger partial charge in [0.2, 0.25) is 0 Å². The van der Waals surface area contributed by atoms with Crippen LogP contribution in [0.5, 0.6) is 0 Å². The third kappa shape index (κ3) is 3.13. The molecule has 0 aliphatic heterocycles. The van der Waals surface area contributed by atoms with E-state index < -0.39 is 11.7 Å². The van der Waals surface area contributed by atoms with E-state index in [0.29, 0.717) is 17.2 Å². The van der Waals surface area contributed by atoms with Crippen LogP contribution in [0.2, 0.25) is 0 Å². The highest BCUT2D eigenvalue weighted by atomic mass is 32.1. The number of fused-ring (bicyclic) bond motifs is 1. The number of hydrogen-bond donors (Lipinski definition) is 1. The number of nitrogens with zero attached hydrogens (tertiary/aromatic N) is 2. The minimum absolute atomic E-state index is 0.354. The van der Waals surface area contributed by atoms with Gasteiger partial charge in [-0.3, -0.25) is 4.98 Å². The van der Waals surface area contributed by atoms with Gasteiger partial charge in [-0.1, -0.05) is 11.3 Å². The van der Waals surface area contributed by atoms with Crippen molar-refractivity contribution in [2.45, 2.75) is 12.7 Å². The molecule has 0 atom stereocenters. The van der Waals surface area contributed by atoms with E-state index in [9.17, 15) is 13.2 Å². The molecule has 0 amide bonds. The van der Waals surface area contributed by atoms with Gasteiger partial charge in [-0.15, -0.1) is 0 Å². The van der Waals surface area contributed by atoms with E-state index in [1.165, 1.54) is 17.4 Å². The molecule has 108 valence electrons. The molecular weight excluding hydrogens is 299 g/mol. The van der Waals surface area contributed by atoms with Gasteiger partial charge in [0.15, 0.2) is 5.13 Å². The number of aromatic nitrogens is 2. The van der Waals surface area contributed by atoms with Crippen LogP contribution in [0.25, 0.3) is 10.2 Å². The lowest BCUT2D eigenvalue weighted by Gasteiger charge is -2.04. The van der Waals surface area contributed by atoms with E-state index in [4.69, 9.17) is 0 Å². The second kappa shape index (κ2) is 5.33. The van der Waals surface area contributed by atoms with Crippen LogP contribution in [-0.4, -0.2) is 9.97 Å². The highest BCUT2D eigenvalue weighted by molar-refractivity contribution is 7.22. The van der Waals surface area contributed by atoms with Crippen LogP contribution in [0.1, 0.15) is 11.1 Å². The first-order chi connectivity index (χ1) is 10.0. The maximum Gasteiger partial charge on any atom is 0.416 e. The Balaban J connectivity index is 1.81. The fourth-order valence-corrected chi connectivity index (χ4v) is 2.70. The predicted octanol–water partition coefficient (Wildman–Crippen LogP) is 4.32. The zero-order valence-electron chi connectivity index (χ0n) is 10.7. The summed E-state index contributed by atoms with van der Waals surface area (Å²) in [6.45, 7) is 0.550. The summed E-state index contributed by atoms with van der Waals surface area (Å²) < 4.78 is 38.7. The summed E-state index contributed by atoms with van der Waals surface area (Å²) in [6, 6.07) is 7.33. The Kier molecular flexibility index (Phi) is 3.50. The number of halogens is 3. The van der Waals surface area contributed by atoms with E-state index in [1.807, 2.05) is 12.1 Å². The Morgan fingerprint density at radius 1 is 1.10 bits per heavy atom. The maximum atomic E-state index is 12.6. The number of hydrogen-bond acceptors (Lipinski definition) is 4. The smallest absolute Gasteiger partial charge is 0.357 e. The van der Waals surface area contributed by atoms with Gasteiger partial charge in [0, 0.05) is 18.9 Å². The first-order valence-electron chi connectivity index (χ1n) is 6.13. The Hall–Kier alpha value is -2.15. The molecule has 21 heavy (non-hydrogen) atoms. The van der Waals surface area contributed by atoms with Gasteiger partial charge in [-0.05, 0) is 35.9 Å². The van der Waals surface area contributed by atoms with E-state index in [0.717, 1.165) is 22.4 Å². The van der Waals surface area contributed by atoms with E-state index in [2.05, 4.69) is 15.3 Å². The van der Waals surface area contributed by atoms with Gasteiger partial charge >= 0.3 is 6.18 Å². The first kappa shape index (κ1) is 13.8. The van der Waals surface area contributed by atoms with Gasteiger partial charge in [-0.25, -0.2) is 4.98 Å². The molecule has 1 N–H and O–H groups in total. The van der Waals surface area contributed by atoms with Crippen molar-refractivity contribution >= 4 is 26.7 Å². The molecule has 3 rings (SSSR count). The minimum Gasteiger partial charge on any atom is -0.357 e. The molecule has 2 aromatic heterocycles. The summed E-state index contributed by atoms with van der Waals surface area (Å²) >= 11 is 1.33. The Morgan fingerprint density at radius 2 is 1.86 bits per heavy atom. The summed E-state index contributed by atoms with van der Waals surface area (Å²) in [5.41, 5.74) is 0.702. The maximum absolute atomic E-state index is 12.6. The fraction of sp³-hybridized carbons (Fsp3) is 0.143. The zero-order chi connectivity index (χ0) is 14.9. The molecular formula is C14H10F3N3S. The standard InChI is InChI=1S/C14H10F3N3S/c15-14(16,17)10-1-2-12-11(7-10)20-13(21-12)19-8-9-3-5-18-6-4-9/h1-7H,8H2,(H,19,20). The van der Waals surface area contributed by atoms with Crippen molar-refractivity contribution in [3.05, 3.63) is 53.9 Å². The van der Waals surface area contributed by atoms with E-state index >= 15 is 0 Å². The molecule has 0 saturated heterocycles. The average molecular weight is 309 g/mol. The van der Waals surface area contributed by atoms with Gasteiger partial charge in [-0.2, -0.15) is 13.2 Å². The molecule has 7 heteroatoms. The second-order valence-electron chi connectivity index (χ2n) is 4.41. The van der Waals surface area contributed by atoms with Gasteiger partial charge in [0.25, 0.3) is 0 Å². The van der Waals surface area contributed by atoms with Gasteiger partial charge in [0.1, 0.15) is 0 Å². The number of alkyl halides is 3. The average Bonchev–Trinajstić information content (AvgIpc) is 2.87. The topological polar surface area (TPSA) is 37.8 Å². The zero-order valence-corrected chi connectivity index (χ0v) is 11.5. The normalized spacial score (nSPS) is 11.8. The highest BCUT2D eigenvalue weighted by Crippen LogP contribution is 2.34. The van der Waals surface area contributed by atoms with Crippen LogP contribution in [0, 0.1) is 0 Å². The van der Waals surface area contributed by atoms with Crippen molar-refractivity contribution < 1.29 is 13.2 Å². The Labute approximate surface area is 122 Å². The molecule has 0 aliphatic rings. The third-order valence-electron chi connectivity index (χ3n) is 2.91. The van der Waals surface area contributed by atoms with Crippen LogP contribution >= 0.6 is 11.3 Å². The lowest BCUT2D eigenvalue weighted by Crippen LogP contribution is -2.04. The molecule has 2 heterocycles. The number of pyridine rings is 1. The fourth-order valence-electron chi connectivity index (χ4n) is 1.86. The Morgan fingerprint density at radius 3 is 2.57 bits per heavy atom. The summed E-state index contributed by atoms with van der Waals surface area (Å²) in [6.07, 6.45) is -0.974. The molecule has 0 aliphatic carbocycles. The molecule has 3 nitrogen and oxygen atoms in total. The molecule has 0 bridgehead atoms. The molecule has 0 fully saturated rings. The highest BCUT2D eigenvalue weighted by Gasteiger charge is 2.30. The molecule has 0 unspecified atom stereocenters. The summed E-state index contributed by atoms with van der Waals surface area (Å²) in [5.74, 6) is 0. The van der Waals surface area contributed by atoms with Crippen LogP contribution in [-0.2, 0) is 12.7 Å². The minimum atomic E-state index is -4.34. The number of thiazole rings is 1. The first-order valence-corrected chi connectivity index (χ1v) is 6.94. The number of benzene rings is 1. The summed E-state index contributed by atoms with van der Waals surface area (Å²) in [7, 11) is 0. The van der Waals surface area contributed by atoms with E-state index in [-0.39, 0.29) is 0 Å². The predicted molar refractivity (Wildman–Crippen MR) is 76.2 cm³/mol. The third-order valence-corrected chi connectivity index (χ3v) is 3.90. The van der Waals surface area contributed by atoms with Crippen LogP contribution in [0.4, 0.5) is 18.3 Å². The number of anilines is 1. The lowest BCUT2D eigenvalue weighted by atomic mass is 10.2. The molecule has 3 aromatic rings. The van der Waals surface area contributed by atoms with Crippen LogP contribution < -0.4 is 5.32 Å².